The highest BCUT2D eigenvalue weighted by Gasteiger charge is 2.41. The van der Waals surface area contributed by atoms with Crippen molar-refractivity contribution in [2.75, 3.05) is 7.11 Å². The van der Waals surface area contributed by atoms with Crippen LogP contribution in [0.3, 0.4) is 0 Å². The van der Waals surface area contributed by atoms with E-state index < -0.39 is 0 Å². The van der Waals surface area contributed by atoms with Crippen LogP contribution in [-0.2, 0) is 6.54 Å². The molecule has 34 heavy (non-hydrogen) atoms. The highest BCUT2D eigenvalue weighted by Crippen LogP contribution is 2.42. The maximum atomic E-state index is 5.87. The molecule has 0 saturated carbocycles. The predicted molar refractivity (Wildman–Crippen MR) is 139 cm³/mol. The van der Waals surface area contributed by atoms with Crippen molar-refractivity contribution in [2.45, 2.75) is 32.5 Å². The van der Waals surface area contributed by atoms with Crippen molar-refractivity contribution in [1.82, 2.24) is 19.8 Å². The van der Waals surface area contributed by atoms with Gasteiger partial charge in [-0.1, -0.05) is 42.5 Å². The minimum Gasteiger partial charge on any atom is -0.497 e. The van der Waals surface area contributed by atoms with Crippen LogP contribution in [0.15, 0.2) is 85.1 Å². The number of aromatic nitrogens is 2. The number of rotatable bonds is 6. The number of hydrogen-bond acceptors (Lipinski definition) is 3. The summed E-state index contributed by atoms with van der Waals surface area (Å²) >= 11 is 5.87. The molecule has 4 aromatic rings. The van der Waals surface area contributed by atoms with Gasteiger partial charge < -0.3 is 19.5 Å². The molecule has 6 heteroatoms. The number of methoxy groups -OCH3 is 1. The molecule has 0 aliphatic carbocycles. The lowest BCUT2D eigenvalue weighted by molar-refractivity contribution is 0.310. The lowest BCUT2D eigenvalue weighted by Gasteiger charge is -2.28. The SMILES string of the molecule is COc1cccc(-n2c(C)cc([C@@H]3[C@@H](c4ccccn4)NC(=S)N3Cc3ccccc3)c2C)c1. The second-order valence-corrected chi connectivity index (χ2v) is 8.99. The smallest absolute Gasteiger partial charge is 0.170 e. The zero-order valence-electron chi connectivity index (χ0n) is 19.6. The van der Waals surface area contributed by atoms with Crippen LogP contribution in [0.2, 0.25) is 0 Å². The van der Waals surface area contributed by atoms with Crippen LogP contribution < -0.4 is 10.1 Å². The number of hydrogen-bond donors (Lipinski definition) is 1. The monoisotopic (exact) mass is 468 g/mol. The van der Waals surface area contributed by atoms with E-state index >= 15 is 0 Å². The van der Waals surface area contributed by atoms with Gasteiger partial charge in [-0.05, 0) is 67.5 Å². The third-order valence-electron chi connectivity index (χ3n) is 6.49. The molecular formula is C28H28N4OS. The minimum atomic E-state index is -0.0447. The lowest BCUT2D eigenvalue weighted by atomic mass is 9.96. The Kier molecular flexibility index (Phi) is 6.07. The molecule has 3 heterocycles. The molecule has 0 unspecified atom stereocenters. The number of nitrogens with zero attached hydrogens (tertiary/aromatic N) is 3. The average Bonchev–Trinajstić information content (AvgIpc) is 3.35. The molecule has 0 radical (unpaired) electrons. The van der Waals surface area contributed by atoms with Crippen LogP contribution in [0.4, 0.5) is 0 Å². The molecule has 2 atom stereocenters. The highest BCUT2D eigenvalue weighted by atomic mass is 32.1. The quantitative estimate of drug-likeness (QED) is 0.369. The van der Waals surface area contributed by atoms with E-state index in [-0.39, 0.29) is 12.1 Å². The second-order valence-electron chi connectivity index (χ2n) is 8.60. The molecule has 1 fully saturated rings. The van der Waals surface area contributed by atoms with Crippen LogP contribution in [0, 0.1) is 13.8 Å². The van der Waals surface area contributed by atoms with Crippen molar-refractivity contribution < 1.29 is 4.74 Å². The van der Waals surface area contributed by atoms with Gasteiger partial charge in [0, 0.05) is 35.9 Å². The van der Waals surface area contributed by atoms with Gasteiger partial charge in [0.25, 0.3) is 0 Å². The molecule has 2 aromatic heterocycles. The summed E-state index contributed by atoms with van der Waals surface area (Å²) in [7, 11) is 1.70. The summed E-state index contributed by atoms with van der Waals surface area (Å²) < 4.78 is 7.77. The number of benzene rings is 2. The number of thiocarbonyl (C=S) groups is 1. The fraction of sp³-hybridized carbons (Fsp3) is 0.214. The van der Waals surface area contributed by atoms with E-state index in [9.17, 15) is 0 Å². The number of aryl methyl sites for hydroxylation is 1. The Morgan fingerprint density at radius 1 is 0.971 bits per heavy atom. The highest BCUT2D eigenvalue weighted by molar-refractivity contribution is 7.80. The maximum Gasteiger partial charge on any atom is 0.170 e. The van der Waals surface area contributed by atoms with Crippen molar-refractivity contribution in [2.24, 2.45) is 0 Å². The van der Waals surface area contributed by atoms with Crippen molar-refractivity contribution in [3.8, 4) is 11.4 Å². The molecule has 0 amide bonds. The van der Waals surface area contributed by atoms with E-state index in [0.717, 1.165) is 34.5 Å². The first-order chi connectivity index (χ1) is 16.6. The van der Waals surface area contributed by atoms with Crippen LogP contribution in [0.1, 0.15) is 40.3 Å². The van der Waals surface area contributed by atoms with Gasteiger partial charge in [0.15, 0.2) is 5.11 Å². The topological polar surface area (TPSA) is 42.3 Å². The summed E-state index contributed by atoms with van der Waals surface area (Å²) in [5, 5.41) is 4.31. The van der Waals surface area contributed by atoms with Crippen molar-refractivity contribution in [3.63, 3.8) is 0 Å². The Morgan fingerprint density at radius 2 is 1.76 bits per heavy atom. The zero-order chi connectivity index (χ0) is 23.7. The van der Waals surface area contributed by atoms with E-state index in [4.69, 9.17) is 17.0 Å². The van der Waals surface area contributed by atoms with Gasteiger partial charge in [-0.3, -0.25) is 4.98 Å². The molecule has 0 spiro atoms. The first-order valence-corrected chi connectivity index (χ1v) is 11.8. The van der Waals surface area contributed by atoms with Gasteiger partial charge in [-0.15, -0.1) is 0 Å². The number of pyridine rings is 1. The van der Waals surface area contributed by atoms with Crippen LogP contribution in [0.5, 0.6) is 5.75 Å². The summed E-state index contributed by atoms with van der Waals surface area (Å²) in [6.45, 7) is 5.05. The molecule has 1 N–H and O–H groups in total. The summed E-state index contributed by atoms with van der Waals surface area (Å²) in [6, 6.07) is 26.9. The van der Waals surface area contributed by atoms with Crippen molar-refractivity contribution in [3.05, 3.63) is 113 Å². The number of ether oxygens (including phenoxy) is 1. The summed E-state index contributed by atoms with van der Waals surface area (Å²) in [4.78, 5) is 6.97. The normalized spacial score (nSPS) is 17.6. The summed E-state index contributed by atoms with van der Waals surface area (Å²) in [6.07, 6.45) is 1.84. The van der Waals surface area contributed by atoms with Gasteiger partial charge in [-0.2, -0.15) is 0 Å². The summed E-state index contributed by atoms with van der Waals surface area (Å²) in [5.74, 6) is 0.840. The summed E-state index contributed by atoms with van der Waals surface area (Å²) in [5.41, 5.74) is 6.87. The largest absolute Gasteiger partial charge is 0.497 e. The van der Waals surface area contributed by atoms with Crippen molar-refractivity contribution >= 4 is 17.3 Å². The van der Waals surface area contributed by atoms with Gasteiger partial charge in [-0.25, -0.2) is 0 Å². The van der Waals surface area contributed by atoms with E-state index in [2.05, 4.69) is 82.1 Å². The Hall–Kier alpha value is -3.64. The molecule has 1 aliphatic heterocycles. The molecule has 1 aliphatic rings. The molecule has 0 bridgehead atoms. The third-order valence-corrected chi connectivity index (χ3v) is 6.85. The van der Waals surface area contributed by atoms with Gasteiger partial charge in [0.1, 0.15) is 5.75 Å². The average molecular weight is 469 g/mol. The van der Waals surface area contributed by atoms with E-state index in [1.165, 1.54) is 16.8 Å². The van der Waals surface area contributed by atoms with Crippen LogP contribution >= 0.6 is 12.2 Å². The van der Waals surface area contributed by atoms with E-state index in [0.29, 0.717) is 0 Å². The van der Waals surface area contributed by atoms with Gasteiger partial charge >= 0.3 is 0 Å². The first-order valence-electron chi connectivity index (χ1n) is 11.4. The van der Waals surface area contributed by atoms with Crippen LogP contribution in [0.25, 0.3) is 5.69 Å². The standard InChI is InChI=1S/C28H28N4OS/c1-19-16-24(20(2)32(19)22-12-9-13-23(17-22)33-3)27-26(25-14-7-8-15-29-25)30-28(34)31(27)18-21-10-5-4-6-11-21/h4-17,26-27H,18H2,1-3H3,(H,30,34)/t26-,27-/m1/s1. The van der Waals surface area contributed by atoms with Gasteiger partial charge in [0.2, 0.25) is 0 Å². The molecule has 2 aromatic carbocycles. The molecular weight excluding hydrogens is 440 g/mol. The Bertz CT molecular complexity index is 1300. The fourth-order valence-corrected chi connectivity index (χ4v) is 5.23. The molecule has 5 rings (SSSR count). The van der Waals surface area contributed by atoms with Gasteiger partial charge in [0.05, 0.1) is 24.9 Å². The Balaban J connectivity index is 1.62. The van der Waals surface area contributed by atoms with E-state index in [1.54, 1.807) is 7.11 Å². The Morgan fingerprint density at radius 3 is 2.50 bits per heavy atom. The Labute approximate surface area is 206 Å². The van der Waals surface area contributed by atoms with Crippen LogP contribution in [-0.4, -0.2) is 26.7 Å². The fourth-order valence-electron chi connectivity index (χ4n) is 4.93. The third kappa shape index (κ3) is 4.05. The first kappa shape index (κ1) is 22.2. The molecule has 172 valence electrons. The molecule has 1 saturated heterocycles. The van der Waals surface area contributed by atoms with E-state index in [1.807, 2.05) is 36.5 Å². The molecule has 5 nitrogen and oxygen atoms in total. The second kappa shape index (κ2) is 9.31. The van der Waals surface area contributed by atoms with Crippen molar-refractivity contribution in [1.29, 1.82) is 0 Å². The lowest BCUT2D eigenvalue weighted by Crippen LogP contribution is -2.29. The minimum absolute atomic E-state index is 0.00756. The number of nitrogens with one attached hydrogen (secondary N) is 1. The zero-order valence-corrected chi connectivity index (χ0v) is 20.4. The predicted octanol–water partition coefficient (Wildman–Crippen LogP) is 5.67. The maximum absolute atomic E-state index is 5.87.